The first-order chi connectivity index (χ1) is 6.06. The molecule has 1 saturated carbocycles. The van der Waals surface area contributed by atoms with Crippen LogP contribution in [0.1, 0.15) is 20.3 Å². The lowest BCUT2D eigenvalue weighted by atomic mass is 10.2. The van der Waals surface area contributed by atoms with Crippen LogP contribution < -0.4 is 10.6 Å². The number of hydrogen-bond acceptors (Lipinski definition) is 2. The Morgan fingerprint density at radius 1 is 1.69 bits per heavy atom. The fourth-order valence-electron chi connectivity index (χ4n) is 1.25. The smallest absolute Gasteiger partial charge is 0.234 e. The predicted octanol–water partition coefficient (Wildman–Crippen LogP) is 0.677. The van der Waals surface area contributed by atoms with Gasteiger partial charge in [-0.05, 0) is 11.8 Å². The van der Waals surface area contributed by atoms with Gasteiger partial charge in [-0.1, -0.05) is 19.9 Å². The van der Waals surface area contributed by atoms with Crippen molar-refractivity contribution in [3.05, 3.63) is 12.7 Å². The number of carbonyl (C=O) groups is 1. The Kier molecular flexibility index (Phi) is 3.09. The topological polar surface area (TPSA) is 41.1 Å². The van der Waals surface area contributed by atoms with E-state index in [1.165, 1.54) is 0 Å². The van der Waals surface area contributed by atoms with E-state index in [4.69, 9.17) is 0 Å². The van der Waals surface area contributed by atoms with Crippen LogP contribution in [0.2, 0.25) is 0 Å². The molecule has 1 amide bonds. The first kappa shape index (κ1) is 10.3. The SMILES string of the molecule is C=CCNCC(=O)NC1CC1(C)C. The summed E-state index contributed by atoms with van der Waals surface area (Å²) in [5, 5.41) is 5.93. The van der Waals surface area contributed by atoms with E-state index >= 15 is 0 Å². The van der Waals surface area contributed by atoms with Gasteiger partial charge in [0.1, 0.15) is 0 Å². The molecule has 0 aromatic carbocycles. The van der Waals surface area contributed by atoms with Gasteiger partial charge in [0.2, 0.25) is 5.91 Å². The van der Waals surface area contributed by atoms with Crippen LogP contribution in [0.15, 0.2) is 12.7 Å². The van der Waals surface area contributed by atoms with Gasteiger partial charge in [-0.3, -0.25) is 4.79 Å². The molecule has 0 aliphatic heterocycles. The van der Waals surface area contributed by atoms with Gasteiger partial charge in [0.05, 0.1) is 6.54 Å². The number of carbonyl (C=O) groups excluding carboxylic acids is 1. The molecule has 0 bridgehead atoms. The maximum absolute atomic E-state index is 11.2. The highest BCUT2D eigenvalue weighted by atomic mass is 16.2. The summed E-state index contributed by atoms with van der Waals surface area (Å²) < 4.78 is 0. The summed E-state index contributed by atoms with van der Waals surface area (Å²) >= 11 is 0. The van der Waals surface area contributed by atoms with E-state index in [1.54, 1.807) is 6.08 Å². The van der Waals surface area contributed by atoms with Crippen molar-refractivity contribution in [3.8, 4) is 0 Å². The molecule has 1 aliphatic carbocycles. The summed E-state index contributed by atoms with van der Waals surface area (Å²) in [5.74, 6) is 0.0809. The number of nitrogens with one attached hydrogen (secondary N) is 2. The van der Waals surface area contributed by atoms with E-state index in [-0.39, 0.29) is 5.91 Å². The third-order valence-electron chi connectivity index (χ3n) is 2.42. The summed E-state index contributed by atoms with van der Waals surface area (Å²) in [5.41, 5.74) is 0.314. The molecule has 0 aromatic heterocycles. The number of amides is 1. The highest BCUT2D eigenvalue weighted by Gasteiger charge is 2.46. The fourth-order valence-corrected chi connectivity index (χ4v) is 1.25. The Morgan fingerprint density at radius 3 is 2.77 bits per heavy atom. The molecule has 1 aliphatic rings. The van der Waals surface area contributed by atoms with Crippen LogP contribution in [-0.4, -0.2) is 25.0 Å². The largest absolute Gasteiger partial charge is 0.352 e. The minimum Gasteiger partial charge on any atom is -0.352 e. The summed E-state index contributed by atoms with van der Waals surface area (Å²) in [6, 6.07) is 0.380. The molecule has 0 heterocycles. The van der Waals surface area contributed by atoms with Crippen LogP contribution in [0.3, 0.4) is 0 Å². The zero-order valence-corrected chi connectivity index (χ0v) is 8.39. The highest BCUT2D eigenvalue weighted by Crippen LogP contribution is 2.44. The molecular formula is C10H18N2O. The van der Waals surface area contributed by atoms with E-state index in [0.717, 1.165) is 6.42 Å². The van der Waals surface area contributed by atoms with Crippen LogP contribution in [0.25, 0.3) is 0 Å². The second-order valence-electron chi connectivity index (χ2n) is 4.23. The molecule has 2 N–H and O–H groups in total. The van der Waals surface area contributed by atoms with Crippen LogP contribution in [0, 0.1) is 5.41 Å². The lowest BCUT2D eigenvalue weighted by molar-refractivity contribution is -0.120. The van der Waals surface area contributed by atoms with Crippen molar-refractivity contribution in [2.24, 2.45) is 5.41 Å². The lowest BCUT2D eigenvalue weighted by Crippen LogP contribution is -2.36. The standard InChI is InChI=1S/C10H18N2O/c1-4-5-11-7-9(13)12-8-6-10(8,2)3/h4,8,11H,1,5-7H2,2-3H3,(H,12,13). The van der Waals surface area contributed by atoms with E-state index in [2.05, 4.69) is 31.1 Å². The minimum atomic E-state index is 0.0809. The van der Waals surface area contributed by atoms with Crippen molar-refractivity contribution >= 4 is 5.91 Å². The predicted molar refractivity (Wildman–Crippen MR) is 53.4 cm³/mol. The maximum atomic E-state index is 11.2. The number of rotatable bonds is 5. The summed E-state index contributed by atoms with van der Waals surface area (Å²) in [6.45, 7) is 8.95. The molecular weight excluding hydrogens is 164 g/mol. The van der Waals surface area contributed by atoms with Crippen molar-refractivity contribution in [1.82, 2.24) is 10.6 Å². The molecule has 0 saturated heterocycles. The van der Waals surface area contributed by atoms with E-state index < -0.39 is 0 Å². The van der Waals surface area contributed by atoms with Crippen molar-refractivity contribution < 1.29 is 4.79 Å². The van der Waals surface area contributed by atoms with E-state index in [0.29, 0.717) is 24.5 Å². The average molecular weight is 182 g/mol. The van der Waals surface area contributed by atoms with Gasteiger partial charge < -0.3 is 10.6 Å². The Morgan fingerprint density at radius 2 is 2.31 bits per heavy atom. The van der Waals surface area contributed by atoms with Gasteiger partial charge in [-0.2, -0.15) is 0 Å². The first-order valence-corrected chi connectivity index (χ1v) is 4.67. The number of hydrogen-bond donors (Lipinski definition) is 2. The molecule has 1 fully saturated rings. The normalized spacial score (nSPS) is 23.7. The third kappa shape index (κ3) is 3.19. The van der Waals surface area contributed by atoms with Gasteiger partial charge in [-0.25, -0.2) is 0 Å². The minimum absolute atomic E-state index is 0.0809. The second kappa shape index (κ2) is 3.92. The Balaban J connectivity index is 2.09. The van der Waals surface area contributed by atoms with E-state index in [9.17, 15) is 4.79 Å². The first-order valence-electron chi connectivity index (χ1n) is 4.67. The van der Waals surface area contributed by atoms with Gasteiger partial charge in [0.25, 0.3) is 0 Å². The van der Waals surface area contributed by atoms with Crippen molar-refractivity contribution in [2.75, 3.05) is 13.1 Å². The van der Waals surface area contributed by atoms with Crippen LogP contribution >= 0.6 is 0 Å². The Hall–Kier alpha value is -0.830. The highest BCUT2D eigenvalue weighted by molar-refractivity contribution is 5.78. The van der Waals surface area contributed by atoms with Gasteiger partial charge in [-0.15, -0.1) is 6.58 Å². The Labute approximate surface area is 79.6 Å². The molecule has 0 spiro atoms. The molecule has 3 heteroatoms. The molecule has 0 radical (unpaired) electrons. The zero-order chi connectivity index (χ0) is 9.90. The van der Waals surface area contributed by atoms with Crippen molar-refractivity contribution in [2.45, 2.75) is 26.3 Å². The van der Waals surface area contributed by atoms with E-state index in [1.807, 2.05) is 0 Å². The van der Waals surface area contributed by atoms with Crippen molar-refractivity contribution in [1.29, 1.82) is 0 Å². The third-order valence-corrected chi connectivity index (χ3v) is 2.42. The zero-order valence-electron chi connectivity index (χ0n) is 8.39. The average Bonchev–Trinajstić information content (AvgIpc) is 2.59. The second-order valence-corrected chi connectivity index (χ2v) is 4.23. The molecule has 0 aromatic rings. The molecule has 1 rings (SSSR count). The molecule has 13 heavy (non-hydrogen) atoms. The molecule has 74 valence electrons. The van der Waals surface area contributed by atoms with Crippen molar-refractivity contribution in [3.63, 3.8) is 0 Å². The van der Waals surface area contributed by atoms with Gasteiger partial charge in [0.15, 0.2) is 0 Å². The summed E-state index contributed by atoms with van der Waals surface area (Å²) in [4.78, 5) is 11.2. The van der Waals surface area contributed by atoms with Gasteiger partial charge in [0, 0.05) is 12.6 Å². The fraction of sp³-hybridized carbons (Fsp3) is 0.700. The summed E-state index contributed by atoms with van der Waals surface area (Å²) in [7, 11) is 0. The maximum Gasteiger partial charge on any atom is 0.234 e. The Bertz CT molecular complexity index is 211. The summed E-state index contributed by atoms with van der Waals surface area (Å²) in [6.07, 6.45) is 2.84. The monoisotopic (exact) mass is 182 g/mol. The molecule has 3 nitrogen and oxygen atoms in total. The van der Waals surface area contributed by atoms with Crippen LogP contribution in [0.4, 0.5) is 0 Å². The van der Waals surface area contributed by atoms with Crippen LogP contribution in [0.5, 0.6) is 0 Å². The van der Waals surface area contributed by atoms with Gasteiger partial charge >= 0.3 is 0 Å². The molecule has 1 unspecified atom stereocenters. The molecule has 1 atom stereocenters. The van der Waals surface area contributed by atoms with Crippen LogP contribution in [-0.2, 0) is 4.79 Å². The lowest BCUT2D eigenvalue weighted by Gasteiger charge is -2.06. The quantitative estimate of drug-likeness (QED) is 0.485.